The molecular formula is C23H30ClN5. The summed E-state index contributed by atoms with van der Waals surface area (Å²) in [7, 11) is 0. The maximum absolute atomic E-state index is 6.39. The molecule has 0 bridgehead atoms. The largest absolute Gasteiger partial charge is 0.235 e. The molecule has 0 amide bonds. The lowest BCUT2D eigenvalue weighted by Gasteiger charge is -2.22. The summed E-state index contributed by atoms with van der Waals surface area (Å²) in [4.78, 5) is 9.97. The molecule has 1 fully saturated rings. The maximum atomic E-state index is 6.39. The molecule has 0 spiro atoms. The molecule has 0 atom stereocenters. The lowest BCUT2D eigenvalue weighted by molar-refractivity contribution is 0.446. The van der Waals surface area contributed by atoms with Crippen molar-refractivity contribution in [3.8, 4) is 0 Å². The first-order valence-electron chi connectivity index (χ1n) is 10.8. The van der Waals surface area contributed by atoms with Crippen LogP contribution in [-0.4, -0.2) is 25.0 Å². The van der Waals surface area contributed by atoms with Crippen LogP contribution in [-0.2, 0) is 12.0 Å². The second-order valence-corrected chi connectivity index (χ2v) is 9.64. The highest BCUT2D eigenvalue weighted by Gasteiger charge is 2.26. The summed E-state index contributed by atoms with van der Waals surface area (Å²) in [5.74, 6) is 1.30. The topological polar surface area (TPSA) is 56.5 Å². The van der Waals surface area contributed by atoms with E-state index in [2.05, 4.69) is 31.1 Å². The number of nitrogens with zero attached hydrogens (tertiary/aromatic N) is 5. The Kier molecular flexibility index (Phi) is 5.86. The van der Waals surface area contributed by atoms with Gasteiger partial charge in [-0.1, -0.05) is 87.9 Å². The summed E-state index contributed by atoms with van der Waals surface area (Å²) < 4.78 is 1.87. The van der Waals surface area contributed by atoms with E-state index < -0.39 is 0 Å². The van der Waals surface area contributed by atoms with Gasteiger partial charge in [0.2, 0.25) is 0 Å². The summed E-state index contributed by atoms with van der Waals surface area (Å²) in [5, 5.41) is 9.74. The molecule has 1 saturated carbocycles. The first-order valence-corrected chi connectivity index (χ1v) is 11.2. The minimum atomic E-state index is -0.135. The third kappa shape index (κ3) is 4.45. The van der Waals surface area contributed by atoms with Gasteiger partial charge in [-0.05, 0) is 24.5 Å². The Balaban J connectivity index is 1.80. The number of rotatable bonds is 3. The van der Waals surface area contributed by atoms with Crippen LogP contribution in [0.4, 0.5) is 0 Å². The van der Waals surface area contributed by atoms with Crippen molar-refractivity contribution in [3.05, 3.63) is 46.4 Å². The Labute approximate surface area is 177 Å². The molecule has 3 aromatic rings. The van der Waals surface area contributed by atoms with Crippen LogP contribution in [0.15, 0.2) is 24.3 Å². The van der Waals surface area contributed by atoms with Crippen molar-refractivity contribution in [1.29, 1.82) is 0 Å². The van der Waals surface area contributed by atoms with Gasteiger partial charge >= 0.3 is 0 Å². The zero-order valence-electron chi connectivity index (χ0n) is 17.7. The van der Waals surface area contributed by atoms with Crippen LogP contribution in [0.5, 0.6) is 0 Å². The van der Waals surface area contributed by atoms with Gasteiger partial charge in [-0.2, -0.15) is 0 Å². The van der Waals surface area contributed by atoms with Gasteiger partial charge in [0.1, 0.15) is 5.82 Å². The smallest absolute Gasteiger partial charge is 0.182 e. The third-order valence-corrected chi connectivity index (χ3v) is 6.20. The first-order chi connectivity index (χ1) is 13.9. The van der Waals surface area contributed by atoms with Gasteiger partial charge in [-0.15, -0.1) is 5.10 Å². The average Bonchev–Trinajstić information content (AvgIpc) is 3.05. The van der Waals surface area contributed by atoms with E-state index in [-0.39, 0.29) is 5.41 Å². The van der Waals surface area contributed by atoms with Crippen molar-refractivity contribution < 1.29 is 0 Å². The monoisotopic (exact) mass is 411 g/mol. The molecule has 4 rings (SSSR count). The van der Waals surface area contributed by atoms with Gasteiger partial charge in [0.05, 0.1) is 12.2 Å². The van der Waals surface area contributed by atoms with Crippen LogP contribution < -0.4 is 0 Å². The van der Waals surface area contributed by atoms with E-state index in [1.807, 2.05) is 28.9 Å². The summed E-state index contributed by atoms with van der Waals surface area (Å²) in [6.45, 7) is 7.05. The first kappa shape index (κ1) is 20.3. The highest BCUT2D eigenvalue weighted by Crippen LogP contribution is 2.34. The molecule has 0 N–H and O–H groups in total. The number of hydrogen-bond acceptors (Lipinski definition) is 4. The van der Waals surface area contributed by atoms with Crippen molar-refractivity contribution in [1.82, 2.24) is 25.0 Å². The van der Waals surface area contributed by atoms with E-state index in [0.29, 0.717) is 12.5 Å². The van der Waals surface area contributed by atoms with Crippen molar-refractivity contribution in [2.75, 3.05) is 0 Å². The van der Waals surface area contributed by atoms with Crippen LogP contribution in [0.3, 0.4) is 0 Å². The van der Waals surface area contributed by atoms with Gasteiger partial charge in [-0.25, -0.2) is 14.6 Å². The SMILES string of the molecule is CC(C)(C)c1nc(C2CCCCCCC2)c2nnn(Cc3ccccc3Cl)c2n1. The van der Waals surface area contributed by atoms with Crippen LogP contribution in [0.2, 0.25) is 5.02 Å². The molecule has 1 aromatic carbocycles. The fourth-order valence-corrected chi connectivity index (χ4v) is 4.32. The van der Waals surface area contributed by atoms with E-state index in [0.717, 1.165) is 33.3 Å². The Morgan fingerprint density at radius 3 is 2.38 bits per heavy atom. The molecule has 0 radical (unpaired) electrons. The van der Waals surface area contributed by atoms with Crippen molar-refractivity contribution in [2.24, 2.45) is 0 Å². The molecule has 6 heteroatoms. The summed E-state index contributed by atoms with van der Waals surface area (Å²) in [6.07, 6.45) is 8.85. The highest BCUT2D eigenvalue weighted by atomic mass is 35.5. The van der Waals surface area contributed by atoms with Crippen LogP contribution >= 0.6 is 11.6 Å². The molecule has 1 aliphatic rings. The van der Waals surface area contributed by atoms with E-state index in [4.69, 9.17) is 21.6 Å². The number of hydrogen-bond donors (Lipinski definition) is 0. The van der Waals surface area contributed by atoms with Gasteiger partial charge in [0.25, 0.3) is 0 Å². The predicted molar refractivity (Wildman–Crippen MR) is 117 cm³/mol. The van der Waals surface area contributed by atoms with Crippen LogP contribution in [0.1, 0.15) is 88.7 Å². The average molecular weight is 412 g/mol. The minimum Gasteiger partial charge on any atom is -0.235 e. The van der Waals surface area contributed by atoms with Crippen molar-refractivity contribution in [2.45, 2.75) is 83.6 Å². The minimum absolute atomic E-state index is 0.135. The highest BCUT2D eigenvalue weighted by molar-refractivity contribution is 6.31. The number of aromatic nitrogens is 5. The summed E-state index contributed by atoms with van der Waals surface area (Å²) in [5.41, 5.74) is 3.65. The number of halogens is 1. The number of benzene rings is 1. The maximum Gasteiger partial charge on any atom is 0.182 e. The Morgan fingerprint density at radius 2 is 1.69 bits per heavy atom. The molecule has 154 valence electrons. The fraction of sp³-hybridized carbons (Fsp3) is 0.565. The molecular weight excluding hydrogens is 382 g/mol. The van der Waals surface area contributed by atoms with Crippen LogP contribution in [0.25, 0.3) is 11.2 Å². The Bertz CT molecular complexity index is 981. The molecule has 2 aromatic heterocycles. The van der Waals surface area contributed by atoms with E-state index in [1.165, 1.54) is 44.9 Å². The molecule has 1 aliphatic carbocycles. The Morgan fingerprint density at radius 1 is 1.00 bits per heavy atom. The standard InChI is InChI=1S/C23H30ClN5/c1-23(2,3)22-25-19(16-11-7-5-4-6-8-12-16)20-21(26-22)29(28-27-20)15-17-13-9-10-14-18(17)24/h9-10,13-14,16H,4-8,11-12,15H2,1-3H3. The van der Waals surface area contributed by atoms with Crippen LogP contribution in [0, 0.1) is 0 Å². The summed E-state index contributed by atoms with van der Waals surface area (Å²) in [6, 6.07) is 7.87. The quantitative estimate of drug-likeness (QED) is 0.526. The van der Waals surface area contributed by atoms with Gasteiger partial charge in [0.15, 0.2) is 11.2 Å². The van der Waals surface area contributed by atoms with E-state index in [9.17, 15) is 0 Å². The van der Waals surface area contributed by atoms with Crippen molar-refractivity contribution in [3.63, 3.8) is 0 Å². The fourth-order valence-electron chi connectivity index (χ4n) is 4.12. The third-order valence-electron chi connectivity index (χ3n) is 5.83. The molecule has 5 nitrogen and oxygen atoms in total. The zero-order valence-corrected chi connectivity index (χ0v) is 18.4. The zero-order chi connectivity index (χ0) is 20.4. The lowest BCUT2D eigenvalue weighted by atomic mass is 9.87. The van der Waals surface area contributed by atoms with E-state index >= 15 is 0 Å². The molecule has 0 aliphatic heterocycles. The predicted octanol–water partition coefficient (Wildman–Crippen LogP) is 6.05. The molecule has 0 unspecified atom stereocenters. The normalized spacial score (nSPS) is 16.7. The summed E-state index contributed by atoms with van der Waals surface area (Å²) >= 11 is 6.39. The molecule has 0 saturated heterocycles. The Hall–Kier alpha value is -2.01. The molecule has 2 heterocycles. The van der Waals surface area contributed by atoms with Gasteiger partial charge < -0.3 is 0 Å². The van der Waals surface area contributed by atoms with Gasteiger partial charge in [-0.3, -0.25) is 0 Å². The second-order valence-electron chi connectivity index (χ2n) is 9.24. The lowest BCUT2D eigenvalue weighted by Crippen LogP contribution is -2.19. The molecule has 29 heavy (non-hydrogen) atoms. The van der Waals surface area contributed by atoms with E-state index in [1.54, 1.807) is 0 Å². The van der Waals surface area contributed by atoms with Crippen molar-refractivity contribution >= 4 is 22.8 Å². The van der Waals surface area contributed by atoms with Gasteiger partial charge in [0, 0.05) is 16.4 Å². The number of fused-ring (bicyclic) bond motifs is 1. The second kappa shape index (κ2) is 8.39.